The largest absolute Gasteiger partial charge is 0.322 e. The molecule has 1 saturated heterocycles. The van der Waals surface area contributed by atoms with E-state index in [-0.39, 0.29) is 11.8 Å². The molecule has 0 bridgehead atoms. The monoisotopic (exact) mass is 620 g/mol. The van der Waals surface area contributed by atoms with Gasteiger partial charge in [-0.15, -0.1) is 11.3 Å². The van der Waals surface area contributed by atoms with Gasteiger partial charge >= 0.3 is 0 Å². The number of thioether (sulfide) groups is 1. The lowest BCUT2D eigenvalue weighted by Crippen LogP contribution is -2.19. The molecule has 2 aromatic carbocycles. The molecule has 2 aromatic heterocycles. The molecule has 1 fully saturated rings. The quantitative estimate of drug-likeness (QED) is 0.220. The fourth-order valence-corrected chi connectivity index (χ4v) is 7.82. The van der Waals surface area contributed by atoms with Crippen LogP contribution in [0.15, 0.2) is 64.5 Å². The maximum Gasteiger partial charge on any atom is 0.264 e. The summed E-state index contributed by atoms with van der Waals surface area (Å²) in [6.45, 7) is 4.06. The smallest absolute Gasteiger partial charge is 0.264 e. The van der Waals surface area contributed by atoms with Crippen LogP contribution in [0.25, 0.3) is 11.1 Å². The Morgan fingerprint density at radius 3 is 2.61 bits per heavy atom. The molecule has 41 heavy (non-hydrogen) atoms. The summed E-state index contributed by atoms with van der Waals surface area (Å²) in [5.74, 6) is -0.306. The standard InChI is InChI=1S/C31H26Cl2N4O2S2/c1-17-14-19(15-26-28(38)36-31(41-26)35-21-12-13-23(32)24(33)16-21)18(2)37(17)30-27(22-10-6-7-11-25(22)40-30)29(39)34-20-8-4-3-5-9-20/h3-5,8-9,12-16H,6-7,10-11H2,1-2H3,(H,34,39)(H,35,36,38)/b26-15-. The zero-order valence-electron chi connectivity index (χ0n) is 22.4. The molecule has 6 nitrogen and oxygen atoms in total. The minimum atomic E-state index is -0.215. The number of anilines is 1. The summed E-state index contributed by atoms with van der Waals surface area (Å²) in [4.78, 5) is 32.9. The van der Waals surface area contributed by atoms with Crippen LogP contribution >= 0.6 is 46.3 Å². The Labute approximate surface area is 256 Å². The molecule has 0 saturated carbocycles. The van der Waals surface area contributed by atoms with Gasteiger partial charge in [0, 0.05) is 22.0 Å². The summed E-state index contributed by atoms with van der Waals surface area (Å²) in [5, 5.41) is 8.18. The molecule has 0 unspecified atom stereocenters. The zero-order chi connectivity index (χ0) is 28.7. The van der Waals surface area contributed by atoms with Crippen molar-refractivity contribution >= 4 is 80.7 Å². The molecule has 0 atom stereocenters. The van der Waals surface area contributed by atoms with Crippen molar-refractivity contribution in [2.75, 3.05) is 5.32 Å². The summed E-state index contributed by atoms with van der Waals surface area (Å²) in [5.41, 5.74) is 6.15. The van der Waals surface area contributed by atoms with Gasteiger partial charge in [0.05, 0.1) is 26.2 Å². The van der Waals surface area contributed by atoms with Crippen molar-refractivity contribution in [1.82, 2.24) is 9.88 Å². The van der Waals surface area contributed by atoms with Gasteiger partial charge in [-0.1, -0.05) is 41.4 Å². The Hall–Kier alpha value is -3.30. The summed E-state index contributed by atoms with van der Waals surface area (Å²) in [7, 11) is 0. The Morgan fingerprint density at radius 1 is 1.05 bits per heavy atom. The van der Waals surface area contributed by atoms with E-state index in [2.05, 4.69) is 26.3 Å². The Balaban J connectivity index is 1.35. The number of amides is 2. The maximum atomic E-state index is 13.7. The third-order valence-electron chi connectivity index (χ3n) is 7.16. The molecular formula is C31H26Cl2N4O2S2. The topological polar surface area (TPSA) is 75.5 Å². The SMILES string of the molecule is Cc1cc(/C=C2\SC(=Nc3ccc(Cl)c(Cl)c3)NC2=O)c(C)n1-c1sc2c(c1C(=O)Nc1ccccc1)CCCC2. The van der Waals surface area contributed by atoms with Crippen LogP contribution < -0.4 is 10.6 Å². The first-order valence-corrected chi connectivity index (χ1v) is 15.6. The Morgan fingerprint density at radius 2 is 1.83 bits per heavy atom. The van der Waals surface area contributed by atoms with Gasteiger partial charge in [-0.2, -0.15) is 0 Å². The molecule has 0 spiro atoms. The molecule has 0 radical (unpaired) electrons. The van der Waals surface area contributed by atoms with E-state index in [1.54, 1.807) is 29.5 Å². The van der Waals surface area contributed by atoms with Crippen molar-refractivity contribution in [2.24, 2.45) is 4.99 Å². The number of aliphatic imine (C=N–C) groups is 1. The normalized spacial score (nSPS) is 16.7. The van der Waals surface area contributed by atoms with E-state index < -0.39 is 0 Å². The van der Waals surface area contributed by atoms with Crippen LogP contribution in [0, 0.1) is 13.8 Å². The molecule has 2 aliphatic rings. The lowest BCUT2D eigenvalue weighted by molar-refractivity contribution is -0.115. The highest BCUT2D eigenvalue weighted by molar-refractivity contribution is 8.18. The van der Waals surface area contributed by atoms with E-state index in [4.69, 9.17) is 23.2 Å². The first-order valence-electron chi connectivity index (χ1n) is 13.2. The maximum absolute atomic E-state index is 13.7. The van der Waals surface area contributed by atoms with Gasteiger partial charge in [-0.25, -0.2) is 4.99 Å². The van der Waals surface area contributed by atoms with E-state index in [1.165, 1.54) is 16.6 Å². The fraction of sp³-hybridized carbons (Fsp3) is 0.194. The van der Waals surface area contributed by atoms with Crippen LogP contribution in [0.5, 0.6) is 0 Å². The number of hydrogen-bond donors (Lipinski definition) is 2. The number of nitrogens with one attached hydrogen (secondary N) is 2. The van der Waals surface area contributed by atoms with Crippen LogP contribution in [-0.4, -0.2) is 21.5 Å². The molecule has 208 valence electrons. The molecule has 2 amide bonds. The number of amidine groups is 1. The van der Waals surface area contributed by atoms with Crippen molar-refractivity contribution < 1.29 is 9.59 Å². The fourth-order valence-electron chi connectivity index (χ4n) is 5.20. The highest BCUT2D eigenvalue weighted by atomic mass is 35.5. The first-order chi connectivity index (χ1) is 19.8. The van der Waals surface area contributed by atoms with Crippen molar-refractivity contribution in [1.29, 1.82) is 0 Å². The highest BCUT2D eigenvalue weighted by Gasteiger charge is 2.29. The summed E-state index contributed by atoms with van der Waals surface area (Å²) < 4.78 is 2.15. The summed E-state index contributed by atoms with van der Waals surface area (Å²) in [6.07, 6.45) is 5.98. The molecule has 1 aliphatic carbocycles. The highest BCUT2D eigenvalue weighted by Crippen LogP contribution is 2.40. The lowest BCUT2D eigenvalue weighted by atomic mass is 9.95. The van der Waals surface area contributed by atoms with Crippen LogP contribution in [-0.2, 0) is 17.6 Å². The molecule has 2 N–H and O–H groups in total. The third-order valence-corrected chi connectivity index (χ3v) is 10.1. The number of carbonyl (C=O) groups excluding carboxylic acids is 2. The number of carbonyl (C=O) groups is 2. The van der Waals surface area contributed by atoms with Crippen molar-refractivity contribution in [3.05, 3.63) is 103 Å². The van der Waals surface area contributed by atoms with E-state index in [0.29, 0.717) is 25.8 Å². The van der Waals surface area contributed by atoms with Gasteiger partial charge in [-0.3, -0.25) is 9.59 Å². The van der Waals surface area contributed by atoms with Gasteiger partial charge in [0.15, 0.2) is 5.17 Å². The van der Waals surface area contributed by atoms with E-state index in [9.17, 15) is 9.59 Å². The minimum Gasteiger partial charge on any atom is -0.322 e. The van der Waals surface area contributed by atoms with E-state index in [0.717, 1.165) is 64.4 Å². The molecular weight excluding hydrogens is 595 g/mol. The summed E-state index contributed by atoms with van der Waals surface area (Å²) in [6, 6.07) is 16.7. The van der Waals surface area contributed by atoms with Crippen molar-refractivity contribution in [3.8, 4) is 5.00 Å². The number of para-hydroxylation sites is 1. The number of halogens is 2. The molecule has 10 heteroatoms. The number of benzene rings is 2. The number of rotatable bonds is 5. The van der Waals surface area contributed by atoms with Gasteiger partial charge < -0.3 is 15.2 Å². The average molecular weight is 622 g/mol. The second kappa shape index (κ2) is 11.5. The van der Waals surface area contributed by atoms with Gasteiger partial charge in [0.25, 0.3) is 11.8 Å². The van der Waals surface area contributed by atoms with Crippen LogP contribution in [0.3, 0.4) is 0 Å². The first kappa shape index (κ1) is 27.8. The second-order valence-corrected chi connectivity index (χ2v) is 12.9. The van der Waals surface area contributed by atoms with Crippen molar-refractivity contribution in [3.63, 3.8) is 0 Å². The Bertz CT molecular complexity index is 1760. The van der Waals surface area contributed by atoms with Crippen LogP contribution in [0.1, 0.15) is 50.6 Å². The summed E-state index contributed by atoms with van der Waals surface area (Å²) >= 11 is 15.1. The number of hydrogen-bond acceptors (Lipinski definition) is 5. The predicted molar refractivity (Wildman–Crippen MR) is 171 cm³/mol. The van der Waals surface area contributed by atoms with E-state index in [1.807, 2.05) is 50.3 Å². The van der Waals surface area contributed by atoms with E-state index >= 15 is 0 Å². The number of fused-ring (bicyclic) bond motifs is 1. The average Bonchev–Trinajstić information content (AvgIpc) is 3.58. The van der Waals surface area contributed by atoms with Gasteiger partial charge in [-0.05, 0) is 105 Å². The second-order valence-electron chi connectivity index (χ2n) is 9.95. The molecule has 3 heterocycles. The lowest BCUT2D eigenvalue weighted by Gasteiger charge is -2.14. The minimum absolute atomic E-state index is 0.0908. The number of nitrogens with zero attached hydrogens (tertiary/aromatic N) is 2. The number of aryl methyl sites for hydroxylation is 2. The molecule has 4 aromatic rings. The van der Waals surface area contributed by atoms with Gasteiger partial charge in [0.2, 0.25) is 0 Å². The van der Waals surface area contributed by atoms with Crippen LogP contribution in [0.4, 0.5) is 11.4 Å². The van der Waals surface area contributed by atoms with Crippen molar-refractivity contribution in [2.45, 2.75) is 39.5 Å². The third kappa shape index (κ3) is 5.62. The Kier molecular flexibility index (Phi) is 7.83. The van der Waals surface area contributed by atoms with Crippen LogP contribution in [0.2, 0.25) is 10.0 Å². The predicted octanol–water partition coefficient (Wildman–Crippen LogP) is 8.49. The van der Waals surface area contributed by atoms with Gasteiger partial charge in [0.1, 0.15) is 5.00 Å². The number of aromatic nitrogens is 1. The molecule has 1 aliphatic heterocycles. The molecule has 6 rings (SSSR count). The number of thiophene rings is 1. The zero-order valence-corrected chi connectivity index (χ0v) is 25.5.